The molecule has 0 amide bonds. The molecule has 8 nitrogen and oxygen atoms in total. The molecule has 0 atom stereocenters. The summed E-state index contributed by atoms with van der Waals surface area (Å²) in [5, 5.41) is 12.9. The van der Waals surface area contributed by atoms with E-state index in [0.717, 1.165) is 11.4 Å². The molecule has 1 aromatic heterocycles. The molecule has 0 radical (unpaired) electrons. The molecule has 0 aliphatic carbocycles. The summed E-state index contributed by atoms with van der Waals surface area (Å²) in [7, 11) is 1.65. The van der Waals surface area contributed by atoms with Crippen LogP contribution in [-0.4, -0.2) is 42.8 Å². The Labute approximate surface area is 196 Å². The molecule has 172 valence electrons. The Kier molecular flexibility index (Phi) is 5.63. The number of methoxy groups -OCH3 is 1. The summed E-state index contributed by atoms with van der Waals surface area (Å²) in [6.45, 7) is 2.37. The first-order valence-electron chi connectivity index (χ1n) is 11.1. The van der Waals surface area contributed by atoms with Gasteiger partial charge in [0.1, 0.15) is 11.4 Å². The van der Waals surface area contributed by atoms with E-state index in [1.807, 2.05) is 71.6 Å². The van der Waals surface area contributed by atoms with Crippen molar-refractivity contribution >= 4 is 28.0 Å². The molecule has 0 bridgehead atoms. The number of benzene rings is 3. The molecular weight excluding hydrogens is 432 g/mol. The topological polar surface area (TPSA) is 80.8 Å². The SMILES string of the molecule is COc1ccccc1N1CCN(c2c([N+](=O)[O-])c(=O)n(-c3ccccc3)c3ccccc23)CC1. The average Bonchev–Trinajstić information content (AvgIpc) is 2.88. The van der Waals surface area contributed by atoms with Gasteiger partial charge in [-0.25, -0.2) is 0 Å². The number of nitrogens with zero attached hydrogens (tertiary/aromatic N) is 4. The fraction of sp³-hybridized carbons (Fsp3) is 0.192. The number of hydrogen-bond acceptors (Lipinski definition) is 6. The Bertz CT molecular complexity index is 1410. The molecule has 3 aromatic carbocycles. The van der Waals surface area contributed by atoms with E-state index in [0.29, 0.717) is 48.5 Å². The van der Waals surface area contributed by atoms with Gasteiger partial charge >= 0.3 is 11.2 Å². The van der Waals surface area contributed by atoms with Crippen molar-refractivity contribution in [3.05, 3.63) is 99.3 Å². The number of pyridine rings is 1. The molecule has 1 aliphatic rings. The quantitative estimate of drug-likeness (QED) is 0.330. The highest BCUT2D eigenvalue weighted by atomic mass is 16.6. The monoisotopic (exact) mass is 456 g/mol. The zero-order valence-corrected chi connectivity index (χ0v) is 18.8. The molecule has 2 heterocycles. The first kappa shape index (κ1) is 21.5. The van der Waals surface area contributed by atoms with Crippen LogP contribution in [0.4, 0.5) is 17.1 Å². The summed E-state index contributed by atoms with van der Waals surface area (Å²) in [5.74, 6) is 0.790. The Hall–Kier alpha value is -4.33. The maximum Gasteiger partial charge on any atom is 0.358 e. The van der Waals surface area contributed by atoms with Gasteiger partial charge in [0.05, 0.1) is 23.2 Å². The van der Waals surface area contributed by atoms with Gasteiger partial charge in [0.2, 0.25) is 0 Å². The molecule has 5 rings (SSSR count). The van der Waals surface area contributed by atoms with Gasteiger partial charge in [-0.1, -0.05) is 48.5 Å². The summed E-state index contributed by atoms with van der Waals surface area (Å²) in [6.07, 6.45) is 0. The van der Waals surface area contributed by atoms with E-state index in [1.54, 1.807) is 19.2 Å². The summed E-state index contributed by atoms with van der Waals surface area (Å²) in [5.41, 5.74) is 1.59. The van der Waals surface area contributed by atoms with Crippen LogP contribution in [0.15, 0.2) is 83.7 Å². The standard InChI is InChI=1S/C26H24N4O4/c1-34-23-14-8-7-13-22(23)27-15-17-28(18-16-27)24-20-11-5-6-12-21(20)29(19-9-3-2-4-10-19)26(31)25(24)30(32)33/h2-14H,15-18H2,1H3. The third-order valence-electron chi connectivity index (χ3n) is 6.25. The zero-order valence-electron chi connectivity index (χ0n) is 18.8. The van der Waals surface area contributed by atoms with Gasteiger partial charge < -0.3 is 14.5 Å². The third kappa shape index (κ3) is 3.63. The van der Waals surface area contributed by atoms with Gasteiger partial charge in [0, 0.05) is 37.3 Å². The second-order valence-electron chi connectivity index (χ2n) is 8.09. The lowest BCUT2D eigenvalue weighted by Gasteiger charge is -2.38. The summed E-state index contributed by atoms with van der Waals surface area (Å²) >= 11 is 0. The molecule has 34 heavy (non-hydrogen) atoms. The van der Waals surface area contributed by atoms with Crippen LogP contribution in [0.2, 0.25) is 0 Å². The van der Waals surface area contributed by atoms with Gasteiger partial charge in [-0.3, -0.25) is 19.5 Å². The summed E-state index contributed by atoms with van der Waals surface area (Å²) in [4.78, 5) is 29.4. The van der Waals surface area contributed by atoms with Crippen molar-refractivity contribution in [1.29, 1.82) is 0 Å². The number of anilines is 2. The van der Waals surface area contributed by atoms with Crippen LogP contribution in [0, 0.1) is 10.1 Å². The number of fused-ring (bicyclic) bond motifs is 1. The number of hydrogen-bond donors (Lipinski definition) is 0. The van der Waals surface area contributed by atoms with Crippen LogP contribution in [0.3, 0.4) is 0 Å². The van der Waals surface area contributed by atoms with E-state index in [9.17, 15) is 14.9 Å². The van der Waals surface area contributed by atoms with E-state index >= 15 is 0 Å². The minimum absolute atomic E-state index is 0.387. The smallest absolute Gasteiger partial charge is 0.358 e. The second kappa shape index (κ2) is 8.90. The van der Waals surface area contributed by atoms with Crippen molar-refractivity contribution < 1.29 is 9.66 Å². The lowest BCUT2D eigenvalue weighted by molar-refractivity contribution is -0.385. The fourth-order valence-corrected chi connectivity index (χ4v) is 4.69. The highest BCUT2D eigenvalue weighted by Crippen LogP contribution is 2.36. The van der Waals surface area contributed by atoms with Crippen LogP contribution < -0.4 is 20.1 Å². The molecule has 0 N–H and O–H groups in total. The molecule has 1 saturated heterocycles. The normalized spacial score (nSPS) is 13.8. The van der Waals surface area contributed by atoms with Gasteiger partial charge in [-0.15, -0.1) is 0 Å². The van der Waals surface area contributed by atoms with Crippen LogP contribution in [0.5, 0.6) is 5.75 Å². The van der Waals surface area contributed by atoms with E-state index in [-0.39, 0.29) is 0 Å². The average molecular weight is 457 g/mol. The molecule has 4 aromatic rings. The van der Waals surface area contributed by atoms with Crippen molar-refractivity contribution in [2.75, 3.05) is 43.1 Å². The van der Waals surface area contributed by atoms with E-state index < -0.39 is 16.2 Å². The number of para-hydroxylation sites is 4. The van der Waals surface area contributed by atoms with Crippen molar-refractivity contribution in [3.8, 4) is 11.4 Å². The van der Waals surface area contributed by atoms with Gasteiger partial charge in [-0.2, -0.15) is 0 Å². The number of aromatic nitrogens is 1. The maximum atomic E-state index is 13.5. The molecular formula is C26H24N4O4. The van der Waals surface area contributed by atoms with Crippen molar-refractivity contribution in [1.82, 2.24) is 4.57 Å². The van der Waals surface area contributed by atoms with Crippen molar-refractivity contribution in [2.24, 2.45) is 0 Å². The summed E-state index contributed by atoms with van der Waals surface area (Å²) < 4.78 is 6.93. The van der Waals surface area contributed by atoms with Crippen LogP contribution in [-0.2, 0) is 0 Å². The minimum Gasteiger partial charge on any atom is -0.495 e. The van der Waals surface area contributed by atoms with Crippen LogP contribution >= 0.6 is 0 Å². The first-order chi connectivity index (χ1) is 16.6. The van der Waals surface area contributed by atoms with E-state index in [4.69, 9.17) is 4.74 Å². The Morgan fingerprint density at radius 2 is 1.44 bits per heavy atom. The fourth-order valence-electron chi connectivity index (χ4n) is 4.69. The molecule has 1 aliphatic heterocycles. The number of piperazine rings is 1. The molecule has 8 heteroatoms. The second-order valence-corrected chi connectivity index (χ2v) is 8.09. The molecule has 1 fully saturated rings. The van der Waals surface area contributed by atoms with Gasteiger partial charge in [0.15, 0.2) is 0 Å². The molecule has 0 spiro atoms. The Morgan fingerprint density at radius 1 is 0.824 bits per heavy atom. The number of nitro groups is 1. The lowest BCUT2D eigenvalue weighted by atomic mass is 10.1. The maximum absolute atomic E-state index is 13.5. The molecule has 0 saturated carbocycles. The predicted molar refractivity (Wildman–Crippen MR) is 134 cm³/mol. The largest absolute Gasteiger partial charge is 0.495 e. The number of rotatable bonds is 5. The zero-order chi connectivity index (χ0) is 23.7. The van der Waals surface area contributed by atoms with E-state index in [2.05, 4.69) is 4.90 Å². The van der Waals surface area contributed by atoms with Crippen LogP contribution in [0.25, 0.3) is 16.6 Å². The Balaban J connectivity index is 1.60. The minimum atomic E-state index is -0.628. The van der Waals surface area contributed by atoms with Crippen LogP contribution in [0.1, 0.15) is 0 Å². The van der Waals surface area contributed by atoms with Crippen molar-refractivity contribution in [2.45, 2.75) is 0 Å². The van der Waals surface area contributed by atoms with Gasteiger partial charge in [-0.05, 0) is 30.3 Å². The highest BCUT2D eigenvalue weighted by molar-refractivity contribution is 5.97. The van der Waals surface area contributed by atoms with Crippen molar-refractivity contribution in [3.63, 3.8) is 0 Å². The molecule has 0 unspecified atom stereocenters. The Morgan fingerprint density at radius 3 is 2.15 bits per heavy atom. The third-order valence-corrected chi connectivity index (χ3v) is 6.25. The highest BCUT2D eigenvalue weighted by Gasteiger charge is 2.32. The lowest BCUT2D eigenvalue weighted by Crippen LogP contribution is -2.47. The number of ether oxygens (including phenoxy) is 1. The van der Waals surface area contributed by atoms with E-state index in [1.165, 1.54) is 4.57 Å². The first-order valence-corrected chi connectivity index (χ1v) is 11.1. The summed E-state index contributed by atoms with van der Waals surface area (Å²) in [6, 6.07) is 24.2. The predicted octanol–water partition coefficient (Wildman–Crippen LogP) is 4.23. The van der Waals surface area contributed by atoms with Gasteiger partial charge in [0.25, 0.3) is 0 Å².